The maximum Gasteiger partial charge on any atom is 0.252 e. The number of benzene rings is 1. The number of rotatable bonds is 3. The van der Waals surface area contributed by atoms with Gasteiger partial charge in [0.15, 0.2) is 0 Å². The van der Waals surface area contributed by atoms with E-state index in [1.54, 1.807) is 6.20 Å². The molecule has 0 aliphatic rings. The molecule has 0 saturated heterocycles. The third-order valence-corrected chi connectivity index (χ3v) is 3.54. The Morgan fingerprint density at radius 3 is 2.61 bits per heavy atom. The van der Waals surface area contributed by atoms with Crippen molar-refractivity contribution in [1.29, 1.82) is 0 Å². The third kappa shape index (κ3) is 3.07. The van der Waals surface area contributed by atoms with Gasteiger partial charge in [0.25, 0.3) is 5.91 Å². The molecule has 0 spiro atoms. The van der Waals surface area contributed by atoms with Crippen LogP contribution in [0.15, 0.2) is 48.7 Å². The van der Waals surface area contributed by atoms with Gasteiger partial charge >= 0.3 is 0 Å². The first kappa shape index (κ1) is 13.0. The number of hydrogen-bond donors (Lipinski definition) is 1. The molecule has 0 aliphatic carbocycles. The Kier molecular flexibility index (Phi) is 4.30. The van der Waals surface area contributed by atoms with Crippen LogP contribution in [-0.4, -0.2) is 10.9 Å². The van der Waals surface area contributed by atoms with Crippen LogP contribution in [0.1, 0.15) is 29.0 Å². The number of carbonyl (C=O) groups excluding carboxylic acids is 1. The Morgan fingerprint density at radius 2 is 1.94 bits per heavy atom. The van der Waals surface area contributed by atoms with Gasteiger partial charge in [-0.05, 0) is 53.8 Å². The summed E-state index contributed by atoms with van der Waals surface area (Å²) in [4.78, 5) is 16.3. The molecule has 1 N–H and O–H groups in total. The van der Waals surface area contributed by atoms with Gasteiger partial charge in [-0.25, -0.2) is 0 Å². The molecule has 2 rings (SSSR count). The molecule has 0 saturated carbocycles. The van der Waals surface area contributed by atoms with E-state index in [0.29, 0.717) is 5.56 Å². The largest absolute Gasteiger partial charge is 0.344 e. The lowest BCUT2D eigenvalue weighted by atomic mass is 10.1. The van der Waals surface area contributed by atoms with Gasteiger partial charge in [-0.15, -0.1) is 0 Å². The molecule has 2 aromatic rings. The molecule has 4 heteroatoms. The van der Waals surface area contributed by atoms with Crippen LogP contribution in [0, 0.1) is 3.57 Å². The summed E-state index contributed by atoms with van der Waals surface area (Å²) in [5.74, 6) is -0.0712. The Labute approximate surface area is 120 Å². The highest BCUT2D eigenvalue weighted by Gasteiger charge is 2.13. The van der Waals surface area contributed by atoms with Crippen molar-refractivity contribution < 1.29 is 4.79 Å². The minimum atomic E-state index is -0.102. The Balaban J connectivity index is 2.11. The van der Waals surface area contributed by atoms with Gasteiger partial charge in [0.1, 0.15) is 0 Å². The minimum absolute atomic E-state index is 0.0712. The first-order valence-electron chi connectivity index (χ1n) is 5.65. The van der Waals surface area contributed by atoms with Gasteiger partial charge < -0.3 is 5.32 Å². The summed E-state index contributed by atoms with van der Waals surface area (Å²) >= 11 is 2.16. The van der Waals surface area contributed by atoms with Crippen LogP contribution in [0.3, 0.4) is 0 Å². The summed E-state index contributed by atoms with van der Waals surface area (Å²) in [5, 5.41) is 2.95. The number of halogens is 1. The molecule has 0 bridgehead atoms. The van der Waals surface area contributed by atoms with Crippen molar-refractivity contribution >= 4 is 28.5 Å². The average Bonchev–Trinajstić information content (AvgIpc) is 2.40. The highest BCUT2D eigenvalue weighted by atomic mass is 127. The van der Waals surface area contributed by atoms with Crippen LogP contribution in [-0.2, 0) is 0 Å². The lowest BCUT2D eigenvalue weighted by Crippen LogP contribution is -2.27. The third-order valence-electron chi connectivity index (χ3n) is 2.60. The smallest absolute Gasteiger partial charge is 0.252 e. The number of aromatic nitrogens is 1. The second-order valence-corrected chi connectivity index (χ2v) is 5.09. The fourth-order valence-electron chi connectivity index (χ4n) is 1.63. The highest BCUT2D eigenvalue weighted by Crippen LogP contribution is 2.14. The number of carbonyl (C=O) groups is 1. The van der Waals surface area contributed by atoms with E-state index in [4.69, 9.17) is 0 Å². The fraction of sp³-hybridized carbons (Fsp3) is 0.143. The van der Waals surface area contributed by atoms with Crippen molar-refractivity contribution in [2.24, 2.45) is 0 Å². The van der Waals surface area contributed by atoms with E-state index in [9.17, 15) is 4.79 Å². The molecule has 1 aromatic carbocycles. The SMILES string of the molecule is CC(NC(=O)c1ccccc1I)c1ccccn1. The molecule has 1 amide bonds. The number of pyridine rings is 1. The van der Waals surface area contributed by atoms with E-state index in [-0.39, 0.29) is 11.9 Å². The van der Waals surface area contributed by atoms with E-state index in [0.717, 1.165) is 9.26 Å². The minimum Gasteiger partial charge on any atom is -0.344 e. The zero-order valence-electron chi connectivity index (χ0n) is 9.93. The second kappa shape index (κ2) is 5.95. The number of hydrogen-bond acceptors (Lipinski definition) is 2. The van der Waals surface area contributed by atoms with Crippen molar-refractivity contribution in [3.05, 3.63) is 63.5 Å². The van der Waals surface area contributed by atoms with Crippen molar-refractivity contribution in [2.45, 2.75) is 13.0 Å². The molecule has 92 valence electrons. The van der Waals surface area contributed by atoms with E-state index in [1.165, 1.54) is 0 Å². The fourth-order valence-corrected chi connectivity index (χ4v) is 2.26. The van der Waals surface area contributed by atoms with Crippen LogP contribution < -0.4 is 5.32 Å². The van der Waals surface area contributed by atoms with Gasteiger partial charge in [0.2, 0.25) is 0 Å². The van der Waals surface area contributed by atoms with E-state index < -0.39 is 0 Å². The molecule has 1 heterocycles. The second-order valence-electron chi connectivity index (χ2n) is 3.93. The highest BCUT2D eigenvalue weighted by molar-refractivity contribution is 14.1. The molecule has 1 aromatic heterocycles. The van der Waals surface area contributed by atoms with Crippen molar-refractivity contribution in [3.8, 4) is 0 Å². The van der Waals surface area contributed by atoms with Crippen LogP contribution in [0.5, 0.6) is 0 Å². The van der Waals surface area contributed by atoms with Crippen LogP contribution in [0.2, 0.25) is 0 Å². The summed E-state index contributed by atoms with van der Waals surface area (Å²) < 4.78 is 0.945. The van der Waals surface area contributed by atoms with Crippen LogP contribution in [0.4, 0.5) is 0 Å². The predicted molar refractivity (Wildman–Crippen MR) is 79.3 cm³/mol. The molecule has 0 aliphatic heterocycles. The quantitative estimate of drug-likeness (QED) is 0.863. The summed E-state index contributed by atoms with van der Waals surface area (Å²) in [7, 11) is 0. The molecule has 1 unspecified atom stereocenters. The zero-order chi connectivity index (χ0) is 13.0. The van der Waals surface area contributed by atoms with Crippen molar-refractivity contribution in [1.82, 2.24) is 10.3 Å². The maximum absolute atomic E-state index is 12.1. The van der Waals surface area contributed by atoms with Crippen LogP contribution >= 0.6 is 22.6 Å². The molecular weight excluding hydrogens is 339 g/mol. The lowest BCUT2D eigenvalue weighted by molar-refractivity contribution is 0.0938. The van der Waals surface area contributed by atoms with Gasteiger partial charge in [-0.3, -0.25) is 9.78 Å². The topological polar surface area (TPSA) is 42.0 Å². The summed E-state index contributed by atoms with van der Waals surface area (Å²) in [5.41, 5.74) is 1.55. The van der Waals surface area contributed by atoms with Crippen molar-refractivity contribution in [2.75, 3.05) is 0 Å². The molecule has 1 atom stereocenters. The van der Waals surface area contributed by atoms with E-state index in [2.05, 4.69) is 32.9 Å². The van der Waals surface area contributed by atoms with Gasteiger partial charge in [0.05, 0.1) is 17.3 Å². The first-order chi connectivity index (χ1) is 8.68. The lowest BCUT2D eigenvalue weighted by Gasteiger charge is -2.13. The van der Waals surface area contributed by atoms with E-state index >= 15 is 0 Å². The average molecular weight is 352 g/mol. The number of amides is 1. The standard InChI is InChI=1S/C14H13IN2O/c1-10(13-8-4-5-9-16-13)17-14(18)11-6-2-3-7-12(11)15/h2-10H,1H3,(H,17,18). The van der Waals surface area contributed by atoms with Gasteiger partial charge in [-0.2, -0.15) is 0 Å². The number of nitrogens with zero attached hydrogens (tertiary/aromatic N) is 1. The maximum atomic E-state index is 12.1. The van der Waals surface area contributed by atoms with Gasteiger partial charge in [-0.1, -0.05) is 18.2 Å². The molecule has 0 radical (unpaired) electrons. The molecule has 18 heavy (non-hydrogen) atoms. The monoisotopic (exact) mass is 352 g/mol. The molecular formula is C14H13IN2O. The first-order valence-corrected chi connectivity index (χ1v) is 6.72. The normalized spacial score (nSPS) is 11.9. The molecule has 0 fully saturated rings. The summed E-state index contributed by atoms with van der Waals surface area (Å²) in [6.07, 6.45) is 1.73. The summed E-state index contributed by atoms with van der Waals surface area (Å²) in [6.45, 7) is 1.93. The van der Waals surface area contributed by atoms with Gasteiger partial charge in [0, 0.05) is 9.77 Å². The Morgan fingerprint density at radius 1 is 1.22 bits per heavy atom. The number of nitrogens with one attached hydrogen (secondary N) is 1. The van der Waals surface area contributed by atoms with E-state index in [1.807, 2.05) is 49.4 Å². The Bertz CT molecular complexity index is 543. The van der Waals surface area contributed by atoms with Crippen LogP contribution in [0.25, 0.3) is 0 Å². The predicted octanol–water partition coefficient (Wildman–Crippen LogP) is 3.18. The Hall–Kier alpha value is -1.43. The summed E-state index contributed by atoms with van der Waals surface area (Å²) in [6, 6.07) is 13.1. The zero-order valence-corrected chi connectivity index (χ0v) is 12.1. The van der Waals surface area contributed by atoms with Crippen molar-refractivity contribution in [3.63, 3.8) is 0 Å². The molecule has 3 nitrogen and oxygen atoms in total.